The van der Waals surface area contributed by atoms with Crippen molar-refractivity contribution in [2.24, 2.45) is 0 Å². The maximum Gasteiger partial charge on any atom is 0.256 e. The van der Waals surface area contributed by atoms with Gasteiger partial charge in [0.15, 0.2) is 0 Å². The van der Waals surface area contributed by atoms with E-state index in [0.29, 0.717) is 21.9 Å². The van der Waals surface area contributed by atoms with Gasteiger partial charge in [-0.15, -0.1) is 0 Å². The number of carbonyl (C=O) groups excluding carboxylic acids is 1. The third-order valence-electron chi connectivity index (χ3n) is 3.66. The largest absolute Gasteiger partial charge is 0.473 e. The topological polar surface area (TPSA) is 55.6 Å². The van der Waals surface area contributed by atoms with Crippen molar-refractivity contribution in [3.63, 3.8) is 0 Å². The molecule has 0 unspecified atom stereocenters. The fraction of sp³-hybridized carbons (Fsp3) is 0.176. The molecule has 25 heavy (non-hydrogen) atoms. The minimum Gasteiger partial charge on any atom is -0.473 e. The molecule has 0 atom stereocenters. The molecule has 1 aromatic carbocycles. The van der Waals surface area contributed by atoms with Gasteiger partial charge in [0.05, 0.1) is 16.7 Å². The monoisotopic (exact) mass is 365 g/mol. The molecule has 3 rings (SSSR count). The Morgan fingerprint density at radius 2 is 1.96 bits per heavy atom. The number of imidazole rings is 1. The summed E-state index contributed by atoms with van der Waals surface area (Å²) >= 11 is 6.21. The van der Waals surface area contributed by atoms with Gasteiger partial charge in [0, 0.05) is 13.1 Å². The van der Waals surface area contributed by atoms with Gasteiger partial charge in [0.25, 0.3) is 5.91 Å². The quantitative estimate of drug-likeness (QED) is 0.769. The van der Waals surface area contributed by atoms with E-state index >= 15 is 0 Å². The number of aryl methyl sites for hydroxylation is 1. The minimum atomic E-state index is -0.704. The molecule has 0 saturated carbocycles. The Morgan fingerprint density at radius 1 is 1.28 bits per heavy atom. The van der Waals surface area contributed by atoms with E-state index in [9.17, 15) is 13.6 Å². The lowest BCUT2D eigenvalue weighted by Gasteiger charge is -2.15. The highest BCUT2D eigenvalue weighted by Crippen LogP contribution is 2.30. The molecule has 0 aliphatic carbocycles. The zero-order chi connectivity index (χ0) is 18.1. The van der Waals surface area contributed by atoms with Gasteiger partial charge in [-0.05, 0) is 30.7 Å². The van der Waals surface area contributed by atoms with Gasteiger partial charge in [-0.3, -0.25) is 9.20 Å². The van der Waals surface area contributed by atoms with Crippen LogP contribution >= 0.6 is 11.6 Å². The molecule has 3 aromatic rings. The molecule has 5 nitrogen and oxygen atoms in total. The number of rotatable bonds is 4. The number of nitrogens with one attached hydrogen (secondary N) is 1. The molecule has 0 radical (unpaired) electrons. The zero-order valence-electron chi connectivity index (χ0n) is 13.4. The Kier molecular flexibility index (Phi) is 4.59. The number of ether oxygens (including phenoxy) is 1. The standard InChI is InChI=1S/C17H14ClF2N3O2/c1-9-22-7-15-14(18)6-13(16(24)21-2)17(23(9)15)25-8-10-3-11(19)5-12(20)4-10/h3-7H,8H2,1-2H3,(H,21,24). The number of amides is 1. The number of pyridine rings is 1. The number of halogens is 3. The van der Waals surface area contributed by atoms with E-state index in [0.717, 1.165) is 18.2 Å². The Hall–Kier alpha value is -2.67. The summed E-state index contributed by atoms with van der Waals surface area (Å²) in [5.41, 5.74) is 1.05. The van der Waals surface area contributed by atoms with Crippen LogP contribution in [0.5, 0.6) is 5.88 Å². The lowest BCUT2D eigenvalue weighted by molar-refractivity contribution is 0.0957. The van der Waals surface area contributed by atoms with Crippen LogP contribution in [0.25, 0.3) is 5.52 Å². The molecule has 2 heterocycles. The number of nitrogens with zero attached hydrogens (tertiary/aromatic N) is 2. The Labute approximate surface area is 147 Å². The molecule has 0 aliphatic rings. The number of fused-ring (bicyclic) bond motifs is 1. The molecule has 1 N–H and O–H groups in total. The van der Waals surface area contributed by atoms with Gasteiger partial charge in [0.1, 0.15) is 29.6 Å². The van der Waals surface area contributed by atoms with Crippen molar-refractivity contribution in [3.8, 4) is 5.88 Å². The smallest absolute Gasteiger partial charge is 0.256 e. The molecule has 8 heteroatoms. The molecule has 2 aromatic heterocycles. The Morgan fingerprint density at radius 3 is 2.60 bits per heavy atom. The van der Waals surface area contributed by atoms with E-state index in [1.54, 1.807) is 17.5 Å². The Balaban J connectivity index is 2.08. The lowest BCUT2D eigenvalue weighted by Crippen LogP contribution is -2.20. The van der Waals surface area contributed by atoms with Gasteiger partial charge in [-0.2, -0.15) is 0 Å². The third kappa shape index (κ3) is 3.28. The van der Waals surface area contributed by atoms with Gasteiger partial charge >= 0.3 is 0 Å². The summed E-state index contributed by atoms with van der Waals surface area (Å²) in [4.78, 5) is 16.4. The summed E-state index contributed by atoms with van der Waals surface area (Å²) in [6.07, 6.45) is 1.56. The van der Waals surface area contributed by atoms with E-state index in [2.05, 4.69) is 10.3 Å². The van der Waals surface area contributed by atoms with Crippen LogP contribution in [0.1, 0.15) is 21.7 Å². The molecular formula is C17H14ClF2N3O2. The fourth-order valence-corrected chi connectivity index (χ4v) is 2.78. The summed E-state index contributed by atoms with van der Waals surface area (Å²) in [6, 6.07) is 4.57. The van der Waals surface area contributed by atoms with Crippen molar-refractivity contribution >= 4 is 23.0 Å². The van der Waals surface area contributed by atoms with Crippen LogP contribution in [0.2, 0.25) is 5.02 Å². The first-order valence-corrected chi connectivity index (χ1v) is 7.75. The van der Waals surface area contributed by atoms with Gasteiger partial charge in [-0.1, -0.05) is 11.6 Å². The summed E-state index contributed by atoms with van der Waals surface area (Å²) in [5.74, 6) is -1.06. The number of hydrogen-bond acceptors (Lipinski definition) is 3. The SMILES string of the molecule is CNC(=O)c1cc(Cl)c2cnc(C)n2c1OCc1cc(F)cc(F)c1. The summed E-state index contributed by atoms with van der Waals surface area (Å²) in [7, 11) is 1.48. The van der Waals surface area contributed by atoms with Crippen LogP contribution < -0.4 is 10.1 Å². The molecule has 0 saturated heterocycles. The first-order chi connectivity index (χ1) is 11.9. The maximum atomic E-state index is 13.3. The number of hydrogen-bond donors (Lipinski definition) is 1. The van der Waals surface area contributed by atoms with E-state index in [1.807, 2.05) is 0 Å². The van der Waals surface area contributed by atoms with Gasteiger partial charge in [0.2, 0.25) is 5.88 Å². The average Bonchev–Trinajstić information content (AvgIpc) is 2.95. The van der Waals surface area contributed by atoms with Gasteiger partial charge in [-0.25, -0.2) is 13.8 Å². The zero-order valence-corrected chi connectivity index (χ0v) is 14.2. The normalized spacial score (nSPS) is 10.9. The van der Waals surface area contributed by atoms with Crippen LogP contribution in [0.4, 0.5) is 8.78 Å². The molecular weight excluding hydrogens is 352 g/mol. The van der Waals surface area contributed by atoms with E-state index in [4.69, 9.17) is 16.3 Å². The average molecular weight is 366 g/mol. The van der Waals surface area contributed by atoms with E-state index in [-0.39, 0.29) is 18.1 Å². The minimum absolute atomic E-state index is 0.132. The highest BCUT2D eigenvalue weighted by molar-refractivity contribution is 6.34. The number of carbonyl (C=O) groups is 1. The van der Waals surface area contributed by atoms with Crippen LogP contribution in [-0.2, 0) is 6.61 Å². The van der Waals surface area contributed by atoms with Crippen molar-refractivity contribution < 1.29 is 18.3 Å². The second-order valence-corrected chi connectivity index (χ2v) is 5.79. The lowest BCUT2D eigenvalue weighted by atomic mass is 10.2. The van der Waals surface area contributed by atoms with Crippen molar-refractivity contribution in [2.75, 3.05) is 7.05 Å². The van der Waals surface area contributed by atoms with Crippen LogP contribution in [-0.4, -0.2) is 22.3 Å². The van der Waals surface area contributed by atoms with Crippen molar-refractivity contribution in [1.82, 2.24) is 14.7 Å². The predicted octanol–water partition coefficient (Wildman–Crippen LogP) is 3.51. The summed E-state index contributed by atoms with van der Waals surface area (Å²) in [5, 5.41) is 2.85. The van der Waals surface area contributed by atoms with Crippen LogP contribution in [0.3, 0.4) is 0 Å². The highest BCUT2D eigenvalue weighted by atomic mass is 35.5. The second-order valence-electron chi connectivity index (χ2n) is 5.38. The van der Waals surface area contributed by atoms with E-state index < -0.39 is 17.5 Å². The molecule has 0 aliphatic heterocycles. The highest BCUT2D eigenvalue weighted by Gasteiger charge is 2.20. The van der Waals surface area contributed by atoms with Crippen LogP contribution in [0.15, 0.2) is 30.5 Å². The summed E-state index contributed by atoms with van der Waals surface area (Å²) < 4.78 is 34.0. The third-order valence-corrected chi connectivity index (χ3v) is 3.96. The van der Waals surface area contributed by atoms with Crippen molar-refractivity contribution in [1.29, 1.82) is 0 Å². The molecule has 0 spiro atoms. The first kappa shape index (κ1) is 17.2. The number of aromatic nitrogens is 2. The molecule has 0 bridgehead atoms. The van der Waals surface area contributed by atoms with E-state index in [1.165, 1.54) is 13.1 Å². The van der Waals surface area contributed by atoms with Crippen molar-refractivity contribution in [3.05, 3.63) is 64.1 Å². The maximum absolute atomic E-state index is 13.3. The van der Waals surface area contributed by atoms with Crippen LogP contribution in [0, 0.1) is 18.6 Å². The number of benzene rings is 1. The van der Waals surface area contributed by atoms with Crippen molar-refractivity contribution in [2.45, 2.75) is 13.5 Å². The molecule has 1 amide bonds. The van der Waals surface area contributed by atoms with Gasteiger partial charge < -0.3 is 10.1 Å². The Bertz CT molecular complexity index is 952. The molecule has 130 valence electrons. The predicted molar refractivity (Wildman–Crippen MR) is 89.0 cm³/mol. The first-order valence-electron chi connectivity index (χ1n) is 7.37. The molecule has 0 fully saturated rings. The fourth-order valence-electron chi connectivity index (χ4n) is 2.54. The second kappa shape index (κ2) is 6.68. The summed E-state index contributed by atoms with van der Waals surface area (Å²) in [6.45, 7) is 1.60.